The van der Waals surface area contributed by atoms with E-state index < -0.39 is 5.97 Å². The van der Waals surface area contributed by atoms with Gasteiger partial charge in [0.1, 0.15) is 6.04 Å². The minimum atomic E-state index is -0.702. The normalized spacial score (nSPS) is 21.8. The Kier molecular flexibility index (Phi) is 6.56. The van der Waals surface area contributed by atoms with Crippen molar-refractivity contribution in [3.05, 3.63) is 0 Å². The molecule has 0 spiro atoms. The molecule has 0 amide bonds. The zero-order valence-corrected chi connectivity index (χ0v) is 11.2. The molecule has 17 heavy (non-hydrogen) atoms. The van der Waals surface area contributed by atoms with E-state index in [0.29, 0.717) is 12.0 Å². The van der Waals surface area contributed by atoms with Crippen molar-refractivity contribution < 1.29 is 9.90 Å². The van der Waals surface area contributed by atoms with Gasteiger partial charge in [-0.1, -0.05) is 39.0 Å². The summed E-state index contributed by atoms with van der Waals surface area (Å²) >= 11 is 0. The largest absolute Gasteiger partial charge is 0.480 e. The van der Waals surface area contributed by atoms with Gasteiger partial charge in [0.25, 0.3) is 0 Å². The second-order valence-electron chi connectivity index (χ2n) is 5.39. The first-order chi connectivity index (χ1) is 8.15. The Morgan fingerprint density at radius 3 is 2.35 bits per heavy atom. The van der Waals surface area contributed by atoms with E-state index >= 15 is 0 Å². The second kappa shape index (κ2) is 7.70. The summed E-state index contributed by atoms with van der Waals surface area (Å²) < 4.78 is 0. The lowest BCUT2D eigenvalue weighted by atomic mass is 9.92. The number of carboxylic acid groups (broad SMARTS) is 1. The van der Waals surface area contributed by atoms with E-state index in [1.807, 2.05) is 6.92 Å². The molecule has 1 saturated carbocycles. The van der Waals surface area contributed by atoms with E-state index in [0.717, 1.165) is 12.8 Å². The summed E-state index contributed by atoms with van der Waals surface area (Å²) in [5.41, 5.74) is 0. The summed E-state index contributed by atoms with van der Waals surface area (Å²) in [6.07, 6.45) is 9.47. The standard InChI is InChI=1S/C14H27NO2/c1-3-8-13(14(16)17)15-11(2)12-9-6-4-5-7-10-12/h11-13,15H,3-10H2,1-2H3,(H,16,17)/t11-,13?/m0/s1. The molecule has 1 aliphatic rings. The highest BCUT2D eigenvalue weighted by molar-refractivity contribution is 5.73. The fraction of sp³-hybridized carbons (Fsp3) is 0.929. The Morgan fingerprint density at radius 1 is 1.29 bits per heavy atom. The summed E-state index contributed by atoms with van der Waals surface area (Å²) in [6.45, 7) is 4.19. The molecule has 2 atom stereocenters. The van der Waals surface area contributed by atoms with Gasteiger partial charge in [-0.2, -0.15) is 0 Å². The molecule has 0 aliphatic heterocycles. The Hall–Kier alpha value is -0.570. The Balaban J connectivity index is 2.43. The number of nitrogens with one attached hydrogen (secondary N) is 1. The Morgan fingerprint density at radius 2 is 1.88 bits per heavy atom. The molecule has 0 aromatic heterocycles. The van der Waals surface area contributed by atoms with Gasteiger partial charge >= 0.3 is 5.97 Å². The van der Waals surface area contributed by atoms with Gasteiger partial charge in [-0.05, 0) is 32.1 Å². The quantitative estimate of drug-likeness (QED) is 0.702. The first-order valence-electron chi connectivity index (χ1n) is 7.14. The van der Waals surface area contributed by atoms with Gasteiger partial charge in [-0.25, -0.2) is 0 Å². The van der Waals surface area contributed by atoms with Crippen molar-refractivity contribution in [1.29, 1.82) is 0 Å². The Labute approximate surface area is 105 Å². The van der Waals surface area contributed by atoms with Crippen LogP contribution in [0.15, 0.2) is 0 Å². The van der Waals surface area contributed by atoms with E-state index in [1.54, 1.807) is 0 Å². The fourth-order valence-electron chi connectivity index (χ4n) is 2.83. The molecular weight excluding hydrogens is 214 g/mol. The summed E-state index contributed by atoms with van der Waals surface area (Å²) in [7, 11) is 0. The van der Waals surface area contributed by atoms with Gasteiger partial charge in [0.2, 0.25) is 0 Å². The topological polar surface area (TPSA) is 49.3 Å². The maximum absolute atomic E-state index is 11.1. The number of hydrogen-bond donors (Lipinski definition) is 2. The van der Waals surface area contributed by atoms with Gasteiger partial charge in [0.05, 0.1) is 0 Å². The monoisotopic (exact) mass is 241 g/mol. The van der Waals surface area contributed by atoms with E-state index in [1.165, 1.54) is 38.5 Å². The third kappa shape index (κ3) is 5.07. The van der Waals surface area contributed by atoms with Gasteiger partial charge < -0.3 is 10.4 Å². The van der Waals surface area contributed by atoms with Crippen molar-refractivity contribution in [3.63, 3.8) is 0 Å². The molecule has 1 unspecified atom stereocenters. The van der Waals surface area contributed by atoms with E-state index in [4.69, 9.17) is 5.11 Å². The number of carboxylic acids is 1. The number of rotatable bonds is 6. The van der Waals surface area contributed by atoms with Crippen LogP contribution in [0.5, 0.6) is 0 Å². The summed E-state index contributed by atoms with van der Waals surface area (Å²) in [4.78, 5) is 11.1. The third-order valence-electron chi connectivity index (χ3n) is 3.95. The second-order valence-corrected chi connectivity index (χ2v) is 5.39. The molecule has 2 N–H and O–H groups in total. The highest BCUT2D eigenvalue weighted by Crippen LogP contribution is 2.25. The van der Waals surface area contributed by atoms with Crippen LogP contribution >= 0.6 is 0 Å². The van der Waals surface area contributed by atoms with E-state index in [9.17, 15) is 4.79 Å². The zero-order chi connectivity index (χ0) is 12.7. The smallest absolute Gasteiger partial charge is 0.320 e. The molecule has 0 bridgehead atoms. The molecule has 0 aromatic carbocycles. The van der Waals surface area contributed by atoms with Crippen LogP contribution in [0, 0.1) is 5.92 Å². The van der Waals surface area contributed by atoms with Crippen LogP contribution in [0.4, 0.5) is 0 Å². The molecular formula is C14H27NO2. The summed E-state index contributed by atoms with van der Waals surface area (Å²) in [6, 6.07) is -0.0287. The van der Waals surface area contributed by atoms with Gasteiger partial charge in [-0.3, -0.25) is 4.79 Å². The van der Waals surface area contributed by atoms with Gasteiger partial charge in [-0.15, -0.1) is 0 Å². The Bertz CT molecular complexity index is 222. The van der Waals surface area contributed by atoms with Crippen LogP contribution in [0.2, 0.25) is 0 Å². The van der Waals surface area contributed by atoms with Crippen molar-refractivity contribution in [1.82, 2.24) is 5.32 Å². The van der Waals surface area contributed by atoms with Crippen LogP contribution in [0.25, 0.3) is 0 Å². The molecule has 3 nitrogen and oxygen atoms in total. The zero-order valence-electron chi connectivity index (χ0n) is 11.2. The molecule has 0 saturated heterocycles. The number of hydrogen-bond acceptors (Lipinski definition) is 2. The van der Waals surface area contributed by atoms with Crippen molar-refractivity contribution in [2.24, 2.45) is 5.92 Å². The highest BCUT2D eigenvalue weighted by Gasteiger charge is 2.24. The lowest BCUT2D eigenvalue weighted by Crippen LogP contribution is -2.45. The van der Waals surface area contributed by atoms with Crippen LogP contribution in [0.3, 0.4) is 0 Å². The minimum Gasteiger partial charge on any atom is -0.480 e. The van der Waals surface area contributed by atoms with Crippen LogP contribution in [-0.4, -0.2) is 23.2 Å². The van der Waals surface area contributed by atoms with E-state index in [2.05, 4.69) is 12.2 Å². The molecule has 1 aliphatic carbocycles. The molecule has 100 valence electrons. The van der Waals surface area contributed by atoms with Gasteiger partial charge in [0.15, 0.2) is 0 Å². The van der Waals surface area contributed by atoms with E-state index in [-0.39, 0.29) is 6.04 Å². The first kappa shape index (κ1) is 14.5. The van der Waals surface area contributed by atoms with Crippen LogP contribution in [0.1, 0.15) is 65.2 Å². The number of carbonyl (C=O) groups is 1. The maximum atomic E-state index is 11.1. The highest BCUT2D eigenvalue weighted by atomic mass is 16.4. The average molecular weight is 241 g/mol. The predicted octanol–water partition coefficient (Wildman–Crippen LogP) is 3.19. The molecule has 3 heteroatoms. The van der Waals surface area contributed by atoms with Crippen LogP contribution in [-0.2, 0) is 4.79 Å². The summed E-state index contributed by atoms with van der Waals surface area (Å²) in [5.74, 6) is -0.0384. The molecule has 1 rings (SSSR count). The fourth-order valence-corrected chi connectivity index (χ4v) is 2.83. The van der Waals surface area contributed by atoms with Crippen molar-refractivity contribution >= 4 is 5.97 Å². The predicted molar refractivity (Wildman–Crippen MR) is 70.1 cm³/mol. The van der Waals surface area contributed by atoms with Crippen molar-refractivity contribution in [2.75, 3.05) is 0 Å². The summed E-state index contributed by atoms with van der Waals surface area (Å²) in [5, 5.41) is 12.5. The maximum Gasteiger partial charge on any atom is 0.320 e. The lowest BCUT2D eigenvalue weighted by Gasteiger charge is -2.27. The molecule has 1 fully saturated rings. The van der Waals surface area contributed by atoms with Gasteiger partial charge in [0, 0.05) is 6.04 Å². The van der Waals surface area contributed by atoms with Crippen molar-refractivity contribution in [3.8, 4) is 0 Å². The SMILES string of the molecule is CCCC(N[C@@H](C)C1CCCCCC1)C(=O)O. The molecule has 0 aromatic rings. The minimum absolute atomic E-state index is 0.334. The average Bonchev–Trinajstić information content (AvgIpc) is 2.56. The molecule has 0 radical (unpaired) electrons. The third-order valence-corrected chi connectivity index (χ3v) is 3.95. The molecule has 0 heterocycles. The van der Waals surface area contributed by atoms with Crippen molar-refractivity contribution in [2.45, 2.75) is 77.3 Å². The first-order valence-corrected chi connectivity index (χ1v) is 7.14. The lowest BCUT2D eigenvalue weighted by molar-refractivity contribution is -0.140. The number of aliphatic carboxylic acids is 1. The van der Waals surface area contributed by atoms with Crippen LogP contribution < -0.4 is 5.32 Å².